The van der Waals surface area contributed by atoms with E-state index in [1.165, 1.54) is 21.9 Å². The van der Waals surface area contributed by atoms with Crippen LogP contribution >= 0.6 is 0 Å². The number of pyridine rings is 2. The number of hydrogen-bond acceptors (Lipinski definition) is 3. The smallest absolute Gasteiger partial charge is 0.121 e. The zero-order valence-electron chi connectivity index (χ0n) is 30.4. The summed E-state index contributed by atoms with van der Waals surface area (Å²) in [7, 11) is -1.25. The minimum atomic E-state index is -1.25. The minimum Gasteiger partial charge on any atom is -0.501 e. The molecular formula is C45H46IrN2OSi-2. The molecule has 1 radical (unpaired) electrons. The number of rotatable bonds is 6. The number of nitrogens with zero attached hydrogens (tertiary/aromatic N) is 2. The standard InChI is InChI=1S/C28H24NO.C17H22NSi.Ir/c1-28(2,3)18-19-14-15-29-25(16-19)24-11-7-10-23-22-13-12-21(17-26(22)30-27(23)24)20-8-5-4-6-9-20;1-13(2)14-6-8-15(9-7-14)17-11-10-16(12-18-17)19(3,4)5;/h4-10,12-17H,18H2,1-3H3;6-8,10-13H,1-5H3;/q2*-1;. The summed E-state index contributed by atoms with van der Waals surface area (Å²) in [5.74, 6) is 0.549. The van der Waals surface area contributed by atoms with Crippen LogP contribution in [0.15, 0.2) is 120 Å². The molecule has 0 aliphatic heterocycles. The molecule has 3 heterocycles. The van der Waals surface area contributed by atoms with Crippen LogP contribution in [-0.2, 0) is 26.5 Å². The van der Waals surface area contributed by atoms with E-state index >= 15 is 0 Å². The van der Waals surface area contributed by atoms with Crippen molar-refractivity contribution in [3.05, 3.63) is 139 Å². The van der Waals surface area contributed by atoms with E-state index in [1.54, 1.807) is 0 Å². The van der Waals surface area contributed by atoms with Crippen LogP contribution in [0.5, 0.6) is 0 Å². The van der Waals surface area contributed by atoms with E-state index in [1.807, 2.05) is 24.5 Å². The van der Waals surface area contributed by atoms with Crippen LogP contribution in [0.1, 0.15) is 51.7 Å². The molecule has 0 saturated carbocycles. The zero-order valence-corrected chi connectivity index (χ0v) is 33.8. The van der Waals surface area contributed by atoms with Crippen LogP contribution in [0, 0.1) is 17.5 Å². The maximum absolute atomic E-state index is 6.37. The average molecular weight is 851 g/mol. The van der Waals surface area contributed by atoms with Crippen LogP contribution in [-0.4, -0.2) is 18.0 Å². The monoisotopic (exact) mass is 851 g/mol. The van der Waals surface area contributed by atoms with Gasteiger partial charge in [-0.15, -0.1) is 53.6 Å². The molecule has 0 fully saturated rings. The van der Waals surface area contributed by atoms with Crippen molar-refractivity contribution in [3.8, 4) is 33.6 Å². The van der Waals surface area contributed by atoms with Crippen molar-refractivity contribution in [2.75, 3.05) is 0 Å². The average Bonchev–Trinajstić information content (AvgIpc) is 3.46. The van der Waals surface area contributed by atoms with Gasteiger partial charge in [0.25, 0.3) is 0 Å². The number of fused-ring (bicyclic) bond motifs is 3. The Morgan fingerprint density at radius 2 is 1.54 bits per heavy atom. The predicted molar refractivity (Wildman–Crippen MR) is 210 cm³/mol. The summed E-state index contributed by atoms with van der Waals surface area (Å²) in [5, 5.41) is 3.61. The van der Waals surface area contributed by atoms with Crippen molar-refractivity contribution in [2.45, 2.75) is 66.6 Å². The van der Waals surface area contributed by atoms with E-state index in [2.05, 4.69) is 167 Å². The van der Waals surface area contributed by atoms with Crippen LogP contribution in [0.2, 0.25) is 19.6 Å². The van der Waals surface area contributed by atoms with E-state index < -0.39 is 8.07 Å². The molecule has 0 spiro atoms. The van der Waals surface area contributed by atoms with Gasteiger partial charge in [0, 0.05) is 37.9 Å². The van der Waals surface area contributed by atoms with Gasteiger partial charge >= 0.3 is 0 Å². The second-order valence-electron chi connectivity index (χ2n) is 15.4. The van der Waals surface area contributed by atoms with Gasteiger partial charge in [0.15, 0.2) is 0 Å². The van der Waals surface area contributed by atoms with E-state index in [0.29, 0.717) is 5.92 Å². The molecule has 3 nitrogen and oxygen atoms in total. The topological polar surface area (TPSA) is 38.9 Å². The molecule has 4 aromatic carbocycles. The summed E-state index contributed by atoms with van der Waals surface area (Å²) < 4.78 is 6.37. The van der Waals surface area contributed by atoms with Gasteiger partial charge in [0.05, 0.1) is 13.7 Å². The SMILES string of the molecule is CC(C)(C)Cc1ccnc(-c2[c-]ccc3c2oc2cc(-c4ccccc4)ccc23)c1.CC(C)c1c[c-]c(-c2ccc([Si](C)(C)C)cn2)cc1.[Ir]. The molecule has 257 valence electrons. The first-order valence-electron chi connectivity index (χ1n) is 17.2. The molecule has 0 amide bonds. The molecule has 50 heavy (non-hydrogen) atoms. The molecule has 7 aromatic rings. The Hall–Kier alpha value is -4.15. The number of furan rings is 1. The first-order chi connectivity index (χ1) is 23.4. The van der Waals surface area contributed by atoms with Gasteiger partial charge in [-0.05, 0) is 51.7 Å². The summed E-state index contributed by atoms with van der Waals surface area (Å²) in [5.41, 5.74) is 10.8. The number of hydrogen-bond donors (Lipinski definition) is 0. The fourth-order valence-corrected chi connectivity index (χ4v) is 7.06. The Bertz CT molecular complexity index is 2170. The first kappa shape index (κ1) is 37.1. The fraction of sp³-hybridized carbons (Fsp3) is 0.244. The summed E-state index contributed by atoms with van der Waals surface area (Å²) in [4.78, 5) is 9.23. The largest absolute Gasteiger partial charge is 0.501 e. The molecular weight excluding hydrogens is 805 g/mol. The third-order valence-corrected chi connectivity index (χ3v) is 10.8. The Morgan fingerprint density at radius 1 is 0.760 bits per heavy atom. The number of benzene rings is 4. The maximum Gasteiger partial charge on any atom is 0.121 e. The summed E-state index contributed by atoms with van der Waals surface area (Å²) >= 11 is 0. The van der Waals surface area contributed by atoms with E-state index in [0.717, 1.165) is 56.4 Å². The summed E-state index contributed by atoms with van der Waals surface area (Å²) in [6.07, 6.45) is 4.92. The van der Waals surface area contributed by atoms with Gasteiger partial charge in [-0.2, -0.15) is 0 Å². The van der Waals surface area contributed by atoms with Gasteiger partial charge in [-0.1, -0.05) is 137 Å². The van der Waals surface area contributed by atoms with Crippen molar-refractivity contribution >= 4 is 35.2 Å². The third kappa shape index (κ3) is 8.76. The third-order valence-electron chi connectivity index (χ3n) is 8.76. The molecule has 7 rings (SSSR count). The molecule has 0 aliphatic rings. The van der Waals surface area contributed by atoms with Gasteiger partial charge in [-0.3, -0.25) is 0 Å². The van der Waals surface area contributed by atoms with E-state index in [4.69, 9.17) is 4.42 Å². The Labute approximate surface area is 312 Å². The van der Waals surface area contributed by atoms with Gasteiger partial charge in [-0.25, -0.2) is 0 Å². The van der Waals surface area contributed by atoms with Crippen molar-refractivity contribution in [3.63, 3.8) is 0 Å². The van der Waals surface area contributed by atoms with Crippen LogP contribution in [0.4, 0.5) is 0 Å². The van der Waals surface area contributed by atoms with Crippen LogP contribution in [0.3, 0.4) is 0 Å². The normalized spacial score (nSPS) is 11.7. The quantitative estimate of drug-likeness (QED) is 0.124. The first-order valence-corrected chi connectivity index (χ1v) is 20.7. The van der Waals surface area contributed by atoms with Crippen LogP contribution in [0.25, 0.3) is 55.6 Å². The van der Waals surface area contributed by atoms with Gasteiger partial charge in [0.2, 0.25) is 0 Å². The van der Waals surface area contributed by atoms with Crippen LogP contribution < -0.4 is 5.19 Å². The Balaban J connectivity index is 0.000000211. The van der Waals surface area contributed by atoms with Crippen molar-refractivity contribution < 1.29 is 24.5 Å². The zero-order chi connectivity index (χ0) is 34.8. The molecule has 0 bridgehead atoms. The summed E-state index contributed by atoms with van der Waals surface area (Å²) in [6, 6.07) is 42.5. The molecule has 0 unspecified atom stereocenters. The van der Waals surface area contributed by atoms with Crippen molar-refractivity contribution in [2.24, 2.45) is 5.41 Å². The summed E-state index contributed by atoms with van der Waals surface area (Å²) in [6.45, 7) is 18.2. The second kappa shape index (κ2) is 15.4. The van der Waals surface area contributed by atoms with Gasteiger partial charge < -0.3 is 14.4 Å². The van der Waals surface area contributed by atoms with E-state index in [-0.39, 0.29) is 25.5 Å². The molecule has 5 heteroatoms. The van der Waals surface area contributed by atoms with Crippen molar-refractivity contribution in [1.82, 2.24) is 9.97 Å². The Kier molecular flexibility index (Phi) is 11.4. The Morgan fingerprint density at radius 3 is 2.18 bits per heavy atom. The maximum atomic E-state index is 6.37. The molecule has 3 aromatic heterocycles. The molecule has 0 N–H and O–H groups in total. The minimum absolute atomic E-state index is 0. The van der Waals surface area contributed by atoms with Gasteiger partial charge in [0.1, 0.15) is 5.58 Å². The predicted octanol–water partition coefficient (Wildman–Crippen LogP) is 11.9. The molecule has 0 atom stereocenters. The van der Waals surface area contributed by atoms with Crippen molar-refractivity contribution in [1.29, 1.82) is 0 Å². The fourth-order valence-electron chi connectivity index (χ4n) is 6.03. The number of aromatic nitrogens is 2. The molecule has 0 saturated heterocycles. The van der Waals surface area contributed by atoms with E-state index in [9.17, 15) is 0 Å². The second-order valence-corrected chi connectivity index (χ2v) is 20.5. The molecule has 0 aliphatic carbocycles.